The average Bonchev–Trinajstić information content (AvgIpc) is 2.31. The topological polar surface area (TPSA) is 63.4 Å². The number of nitrogen functional groups attached to an aromatic ring is 1. The number of methoxy groups -OCH3 is 1. The molecule has 1 aliphatic heterocycles. The van der Waals surface area contributed by atoms with Crippen molar-refractivity contribution in [1.82, 2.24) is 10.3 Å². The first-order valence-corrected chi connectivity index (χ1v) is 5.48. The first-order valence-electron chi connectivity index (χ1n) is 5.48. The number of rotatable bonds is 3. The van der Waals surface area contributed by atoms with Gasteiger partial charge in [-0.2, -0.15) is 0 Å². The molecule has 1 saturated heterocycles. The first kappa shape index (κ1) is 11.2. The van der Waals surface area contributed by atoms with E-state index < -0.39 is 0 Å². The molecule has 88 valence electrons. The highest BCUT2D eigenvalue weighted by Gasteiger charge is 2.19. The lowest BCUT2D eigenvalue weighted by Crippen LogP contribution is -2.52. The van der Waals surface area contributed by atoms with Crippen molar-refractivity contribution in [2.45, 2.75) is 6.04 Å². The second kappa shape index (κ2) is 5.14. The molecule has 1 aromatic rings. The number of hydrogen-bond donors (Lipinski definition) is 2. The van der Waals surface area contributed by atoms with Gasteiger partial charge in [-0.05, 0) is 12.1 Å². The van der Waals surface area contributed by atoms with E-state index in [0.717, 1.165) is 31.9 Å². The van der Waals surface area contributed by atoms with Crippen molar-refractivity contribution >= 4 is 11.5 Å². The van der Waals surface area contributed by atoms with Crippen molar-refractivity contribution in [3.63, 3.8) is 0 Å². The minimum Gasteiger partial charge on any atom is -0.384 e. The zero-order valence-corrected chi connectivity index (χ0v) is 9.52. The monoisotopic (exact) mass is 222 g/mol. The van der Waals surface area contributed by atoms with Gasteiger partial charge in [0, 0.05) is 32.8 Å². The third-order valence-electron chi connectivity index (χ3n) is 2.76. The van der Waals surface area contributed by atoms with Crippen LogP contribution >= 0.6 is 0 Å². The van der Waals surface area contributed by atoms with Gasteiger partial charge in [0.1, 0.15) is 5.82 Å². The lowest BCUT2D eigenvalue weighted by molar-refractivity contribution is 0.163. The SMILES string of the molecule is COCC1CN(c2ccc(N)nc2)CCN1. The van der Waals surface area contributed by atoms with Gasteiger partial charge in [0.25, 0.3) is 0 Å². The van der Waals surface area contributed by atoms with Crippen molar-refractivity contribution in [3.05, 3.63) is 18.3 Å². The van der Waals surface area contributed by atoms with Crippen LogP contribution in [0.4, 0.5) is 11.5 Å². The standard InChI is InChI=1S/C11H18N4O/c1-16-8-9-7-15(5-4-13-9)10-2-3-11(12)14-6-10/h2-3,6,9,13H,4-5,7-8H2,1H3,(H2,12,14). The van der Waals surface area contributed by atoms with Crippen LogP contribution in [0.5, 0.6) is 0 Å². The third kappa shape index (κ3) is 2.62. The van der Waals surface area contributed by atoms with E-state index >= 15 is 0 Å². The number of anilines is 2. The summed E-state index contributed by atoms with van der Waals surface area (Å²) in [7, 11) is 1.73. The maximum atomic E-state index is 5.57. The van der Waals surface area contributed by atoms with Crippen molar-refractivity contribution in [2.24, 2.45) is 0 Å². The summed E-state index contributed by atoms with van der Waals surface area (Å²) in [6.45, 7) is 3.64. The van der Waals surface area contributed by atoms with Crippen LogP contribution in [0.1, 0.15) is 0 Å². The van der Waals surface area contributed by atoms with Crippen molar-refractivity contribution in [1.29, 1.82) is 0 Å². The van der Waals surface area contributed by atoms with Crippen LogP contribution in [0.2, 0.25) is 0 Å². The van der Waals surface area contributed by atoms with E-state index in [4.69, 9.17) is 10.5 Å². The molecule has 1 unspecified atom stereocenters. The molecule has 1 atom stereocenters. The number of nitrogens with zero attached hydrogens (tertiary/aromatic N) is 2. The Balaban J connectivity index is 2.01. The highest BCUT2D eigenvalue weighted by atomic mass is 16.5. The second-order valence-corrected chi connectivity index (χ2v) is 3.99. The largest absolute Gasteiger partial charge is 0.384 e. The number of ether oxygens (including phenoxy) is 1. The highest BCUT2D eigenvalue weighted by molar-refractivity contribution is 5.48. The molecule has 3 N–H and O–H groups in total. The first-order chi connectivity index (χ1) is 7.79. The summed E-state index contributed by atoms with van der Waals surface area (Å²) in [6.07, 6.45) is 1.82. The Morgan fingerprint density at radius 3 is 3.19 bits per heavy atom. The maximum Gasteiger partial charge on any atom is 0.123 e. The zero-order chi connectivity index (χ0) is 11.4. The molecule has 0 spiro atoms. The van der Waals surface area contributed by atoms with Crippen LogP contribution in [-0.4, -0.2) is 44.4 Å². The lowest BCUT2D eigenvalue weighted by Gasteiger charge is -2.34. The smallest absolute Gasteiger partial charge is 0.123 e. The number of nitrogens with one attached hydrogen (secondary N) is 1. The predicted octanol–water partition coefficient (Wildman–Crippen LogP) is 0.0884. The lowest BCUT2D eigenvalue weighted by atomic mass is 10.2. The molecule has 2 rings (SSSR count). The van der Waals surface area contributed by atoms with E-state index in [1.165, 1.54) is 0 Å². The number of pyridine rings is 1. The van der Waals surface area contributed by atoms with Gasteiger partial charge >= 0.3 is 0 Å². The molecule has 0 amide bonds. The van der Waals surface area contributed by atoms with E-state index in [9.17, 15) is 0 Å². The normalized spacial score (nSPS) is 21.1. The predicted molar refractivity (Wildman–Crippen MR) is 64.5 cm³/mol. The summed E-state index contributed by atoms with van der Waals surface area (Å²) >= 11 is 0. The summed E-state index contributed by atoms with van der Waals surface area (Å²) in [5, 5.41) is 3.42. The molecule has 0 saturated carbocycles. The number of hydrogen-bond acceptors (Lipinski definition) is 5. The highest BCUT2D eigenvalue weighted by Crippen LogP contribution is 2.15. The van der Waals surface area contributed by atoms with E-state index in [1.54, 1.807) is 7.11 Å². The third-order valence-corrected chi connectivity index (χ3v) is 2.76. The summed E-state index contributed by atoms with van der Waals surface area (Å²) < 4.78 is 5.16. The molecule has 2 heterocycles. The van der Waals surface area contributed by atoms with Gasteiger partial charge < -0.3 is 20.7 Å². The fraction of sp³-hybridized carbons (Fsp3) is 0.545. The molecule has 5 heteroatoms. The molecule has 0 aromatic carbocycles. The molecule has 16 heavy (non-hydrogen) atoms. The Morgan fingerprint density at radius 2 is 2.50 bits per heavy atom. The van der Waals surface area contributed by atoms with Crippen LogP contribution in [-0.2, 0) is 4.74 Å². The van der Waals surface area contributed by atoms with Crippen LogP contribution in [0.25, 0.3) is 0 Å². The van der Waals surface area contributed by atoms with Gasteiger partial charge in [-0.3, -0.25) is 0 Å². The summed E-state index contributed by atoms with van der Waals surface area (Å²) in [5.41, 5.74) is 6.69. The average molecular weight is 222 g/mol. The van der Waals surface area contributed by atoms with Crippen LogP contribution in [0.15, 0.2) is 18.3 Å². The Bertz CT molecular complexity index is 325. The van der Waals surface area contributed by atoms with E-state index in [-0.39, 0.29) is 0 Å². The van der Waals surface area contributed by atoms with Gasteiger partial charge in [-0.25, -0.2) is 4.98 Å². The summed E-state index contributed by atoms with van der Waals surface area (Å²) in [5.74, 6) is 0.562. The summed E-state index contributed by atoms with van der Waals surface area (Å²) in [6, 6.07) is 4.23. The molecule has 1 aliphatic rings. The fourth-order valence-corrected chi connectivity index (χ4v) is 1.96. The number of piperazine rings is 1. The van der Waals surface area contributed by atoms with Crippen LogP contribution < -0.4 is 16.0 Å². The quantitative estimate of drug-likeness (QED) is 0.759. The molecule has 1 aromatic heterocycles. The second-order valence-electron chi connectivity index (χ2n) is 3.99. The molecule has 0 bridgehead atoms. The Labute approximate surface area is 95.6 Å². The van der Waals surface area contributed by atoms with Crippen molar-refractivity contribution in [2.75, 3.05) is 44.0 Å². The van der Waals surface area contributed by atoms with E-state index in [0.29, 0.717) is 11.9 Å². The Morgan fingerprint density at radius 1 is 1.62 bits per heavy atom. The Kier molecular flexibility index (Phi) is 3.58. The molecule has 0 aliphatic carbocycles. The van der Waals surface area contributed by atoms with E-state index in [1.807, 2.05) is 18.3 Å². The summed E-state index contributed by atoms with van der Waals surface area (Å²) in [4.78, 5) is 6.41. The molecular weight excluding hydrogens is 204 g/mol. The van der Waals surface area contributed by atoms with E-state index in [2.05, 4.69) is 15.2 Å². The number of nitrogens with two attached hydrogens (primary N) is 1. The van der Waals surface area contributed by atoms with Gasteiger partial charge in [0.2, 0.25) is 0 Å². The minimum atomic E-state index is 0.385. The zero-order valence-electron chi connectivity index (χ0n) is 9.52. The van der Waals surface area contributed by atoms with Gasteiger partial charge in [-0.15, -0.1) is 0 Å². The van der Waals surface area contributed by atoms with Gasteiger partial charge in [0.15, 0.2) is 0 Å². The van der Waals surface area contributed by atoms with Crippen molar-refractivity contribution < 1.29 is 4.74 Å². The van der Waals surface area contributed by atoms with Crippen LogP contribution in [0.3, 0.4) is 0 Å². The molecule has 5 nitrogen and oxygen atoms in total. The van der Waals surface area contributed by atoms with Gasteiger partial charge in [0.05, 0.1) is 18.5 Å². The number of aromatic nitrogens is 1. The fourth-order valence-electron chi connectivity index (χ4n) is 1.96. The van der Waals surface area contributed by atoms with Crippen molar-refractivity contribution in [3.8, 4) is 0 Å². The molecule has 0 radical (unpaired) electrons. The van der Waals surface area contributed by atoms with Crippen LogP contribution in [0, 0.1) is 0 Å². The van der Waals surface area contributed by atoms with Gasteiger partial charge in [-0.1, -0.05) is 0 Å². The minimum absolute atomic E-state index is 0.385. The Hall–Kier alpha value is -1.33. The molecular formula is C11H18N4O. The molecule has 1 fully saturated rings. The maximum absolute atomic E-state index is 5.57.